The highest BCUT2D eigenvalue weighted by Gasteiger charge is 2.27. The molecule has 0 aromatic carbocycles. The summed E-state index contributed by atoms with van der Waals surface area (Å²) in [6.45, 7) is 3.92. The summed E-state index contributed by atoms with van der Waals surface area (Å²) in [7, 11) is -4.38. The van der Waals surface area contributed by atoms with Crippen LogP contribution in [-0.4, -0.2) is 59.0 Å². The maximum atomic E-state index is 12.7. The van der Waals surface area contributed by atoms with Gasteiger partial charge in [-0.25, -0.2) is 4.57 Å². The summed E-state index contributed by atoms with van der Waals surface area (Å²) in [4.78, 5) is 22.6. The van der Waals surface area contributed by atoms with Crippen LogP contribution in [0.5, 0.6) is 0 Å². The van der Waals surface area contributed by atoms with Crippen LogP contribution in [0.15, 0.2) is 12.2 Å². The Labute approximate surface area is 288 Å². The molecule has 10 heteroatoms. The quantitative estimate of drug-likeness (QED) is 0.0248. The van der Waals surface area contributed by atoms with E-state index in [2.05, 4.69) is 19.2 Å². The number of carbonyl (C=O) groups is 1. The van der Waals surface area contributed by atoms with Crippen LogP contribution in [0.2, 0.25) is 0 Å². The summed E-state index contributed by atoms with van der Waals surface area (Å²) in [5.74, 6) is -0.447. The van der Waals surface area contributed by atoms with Gasteiger partial charge in [0.1, 0.15) is 0 Å². The van der Waals surface area contributed by atoms with Gasteiger partial charge in [0, 0.05) is 6.54 Å². The molecule has 47 heavy (non-hydrogen) atoms. The Morgan fingerprint density at radius 2 is 1.17 bits per heavy atom. The van der Waals surface area contributed by atoms with Crippen LogP contribution in [0.1, 0.15) is 181 Å². The molecule has 0 saturated carbocycles. The second-order valence-electron chi connectivity index (χ2n) is 13.3. The Hall–Kier alpha value is -0.800. The maximum Gasteiger partial charge on any atom is 0.472 e. The van der Waals surface area contributed by atoms with Crippen LogP contribution in [-0.2, 0) is 18.4 Å². The molecule has 0 fully saturated rings. The van der Waals surface area contributed by atoms with Gasteiger partial charge in [-0.2, -0.15) is 0 Å². The van der Waals surface area contributed by atoms with E-state index in [1.807, 2.05) is 6.08 Å². The van der Waals surface area contributed by atoms with E-state index in [9.17, 15) is 24.5 Å². The van der Waals surface area contributed by atoms with Crippen LogP contribution in [0, 0.1) is 0 Å². The zero-order valence-electron chi connectivity index (χ0n) is 30.4. The third-order valence-corrected chi connectivity index (χ3v) is 9.65. The van der Waals surface area contributed by atoms with Gasteiger partial charge in [0.15, 0.2) is 0 Å². The van der Waals surface area contributed by atoms with Crippen molar-refractivity contribution in [3.63, 3.8) is 0 Å². The molecule has 0 saturated heterocycles. The molecule has 0 heterocycles. The zero-order chi connectivity index (χ0) is 34.9. The van der Waals surface area contributed by atoms with E-state index in [4.69, 9.17) is 14.8 Å². The fourth-order valence-corrected chi connectivity index (χ4v) is 6.46. The minimum Gasteiger partial charge on any atom is -0.393 e. The highest BCUT2D eigenvalue weighted by atomic mass is 31.2. The average Bonchev–Trinajstić information content (AvgIpc) is 3.04. The first-order valence-electron chi connectivity index (χ1n) is 19.4. The molecule has 0 spiro atoms. The predicted octanol–water partition coefficient (Wildman–Crippen LogP) is 9.02. The lowest BCUT2D eigenvalue weighted by Crippen LogP contribution is -2.46. The number of hydrogen-bond acceptors (Lipinski definition) is 7. The number of hydrogen-bond donors (Lipinski definition) is 5. The van der Waals surface area contributed by atoms with E-state index in [0.29, 0.717) is 6.42 Å². The van der Waals surface area contributed by atoms with Crippen molar-refractivity contribution in [2.24, 2.45) is 5.73 Å². The number of phosphoric acid groups is 1. The first kappa shape index (κ1) is 46.2. The van der Waals surface area contributed by atoms with Crippen molar-refractivity contribution >= 4 is 13.7 Å². The van der Waals surface area contributed by atoms with Gasteiger partial charge in [-0.05, 0) is 19.3 Å². The number of allylic oxidation sites excluding steroid dienone is 1. The monoisotopic (exact) mass is 691 g/mol. The number of aliphatic hydroxyl groups is 2. The molecule has 1 amide bonds. The molecule has 0 radical (unpaired) electrons. The van der Waals surface area contributed by atoms with Gasteiger partial charge in [0.25, 0.3) is 0 Å². The van der Waals surface area contributed by atoms with Crippen molar-refractivity contribution < 1.29 is 33.5 Å². The fourth-order valence-electron chi connectivity index (χ4n) is 5.70. The van der Waals surface area contributed by atoms with Crippen LogP contribution in [0.25, 0.3) is 0 Å². The maximum absolute atomic E-state index is 12.7. The standard InChI is InChI=1S/C37H75N2O7P/c1-3-5-7-9-11-13-14-15-16-17-18-19-20-21-22-24-26-28-34(40)32-37(42)39-35(33-46-47(43,44)45-31-30-38)36(41)29-27-25-23-12-10-8-6-4-2/h27,29,34-36,40-41H,3-26,28,30-33,38H2,1-2H3,(H,39,42)(H,43,44)/b29-27+. The fraction of sp³-hybridized carbons (Fsp3) is 0.919. The smallest absolute Gasteiger partial charge is 0.393 e. The minimum atomic E-state index is -4.38. The average molecular weight is 691 g/mol. The number of amides is 1. The minimum absolute atomic E-state index is 0.0508. The van der Waals surface area contributed by atoms with Gasteiger partial charge in [0.05, 0.1) is 37.9 Å². The normalized spacial score (nSPS) is 15.1. The molecule has 6 N–H and O–H groups in total. The lowest BCUT2D eigenvalue weighted by molar-refractivity contribution is -0.124. The highest BCUT2D eigenvalue weighted by molar-refractivity contribution is 7.47. The molecule has 0 bridgehead atoms. The number of carbonyl (C=O) groups excluding carboxylic acids is 1. The van der Waals surface area contributed by atoms with Gasteiger partial charge in [0.2, 0.25) is 5.91 Å². The summed E-state index contributed by atoms with van der Waals surface area (Å²) >= 11 is 0. The predicted molar refractivity (Wildman–Crippen MR) is 195 cm³/mol. The van der Waals surface area contributed by atoms with E-state index < -0.39 is 38.6 Å². The van der Waals surface area contributed by atoms with Crippen LogP contribution in [0.4, 0.5) is 0 Å². The lowest BCUT2D eigenvalue weighted by atomic mass is 10.0. The lowest BCUT2D eigenvalue weighted by Gasteiger charge is -2.24. The largest absolute Gasteiger partial charge is 0.472 e. The molecule has 0 aliphatic rings. The first-order valence-corrected chi connectivity index (χ1v) is 20.9. The topological polar surface area (TPSA) is 151 Å². The SMILES string of the molecule is CCCCCCCC/C=C/C(O)C(COP(=O)(O)OCCN)NC(=O)CC(O)CCCCCCCCCCCCCCCCCCC. The first-order chi connectivity index (χ1) is 22.8. The van der Waals surface area contributed by atoms with Gasteiger partial charge < -0.3 is 26.2 Å². The Kier molecular flexibility index (Phi) is 33.1. The Bertz CT molecular complexity index is 771. The Balaban J connectivity index is 4.23. The summed E-state index contributed by atoms with van der Waals surface area (Å²) in [6, 6.07) is -0.974. The summed E-state index contributed by atoms with van der Waals surface area (Å²) in [6.07, 6.45) is 31.7. The summed E-state index contributed by atoms with van der Waals surface area (Å²) < 4.78 is 21.9. The summed E-state index contributed by atoms with van der Waals surface area (Å²) in [5.41, 5.74) is 5.33. The van der Waals surface area contributed by atoms with Crippen molar-refractivity contribution in [2.75, 3.05) is 19.8 Å². The van der Waals surface area contributed by atoms with E-state index in [-0.39, 0.29) is 19.6 Å². The molecular formula is C37H75N2O7P. The third-order valence-electron chi connectivity index (χ3n) is 8.67. The highest BCUT2D eigenvalue weighted by Crippen LogP contribution is 2.43. The second kappa shape index (κ2) is 33.7. The van der Waals surface area contributed by atoms with Crippen LogP contribution < -0.4 is 11.1 Å². The van der Waals surface area contributed by atoms with Gasteiger partial charge in [-0.1, -0.05) is 167 Å². The molecule has 9 nitrogen and oxygen atoms in total. The number of unbranched alkanes of at least 4 members (excludes halogenated alkanes) is 22. The van der Waals surface area contributed by atoms with E-state index in [1.165, 1.54) is 116 Å². The number of phosphoric ester groups is 1. The van der Waals surface area contributed by atoms with E-state index in [0.717, 1.165) is 38.5 Å². The van der Waals surface area contributed by atoms with Gasteiger partial charge in [-0.3, -0.25) is 13.8 Å². The number of aliphatic hydroxyl groups excluding tert-OH is 2. The van der Waals surface area contributed by atoms with Gasteiger partial charge in [-0.15, -0.1) is 0 Å². The van der Waals surface area contributed by atoms with Crippen LogP contribution in [0.3, 0.4) is 0 Å². The molecule has 4 atom stereocenters. The van der Waals surface area contributed by atoms with Crippen LogP contribution >= 0.6 is 7.82 Å². The van der Waals surface area contributed by atoms with Crippen molar-refractivity contribution in [3.8, 4) is 0 Å². The third kappa shape index (κ3) is 32.2. The molecule has 4 unspecified atom stereocenters. The molecule has 0 aliphatic carbocycles. The van der Waals surface area contributed by atoms with Crippen molar-refractivity contribution in [2.45, 2.75) is 199 Å². The molecule has 0 aromatic heterocycles. The molecule has 280 valence electrons. The van der Waals surface area contributed by atoms with Crippen molar-refractivity contribution in [3.05, 3.63) is 12.2 Å². The summed E-state index contributed by atoms with van der Waals surface area (Å²) in [5, 5.41) is 23.8. The molecule has 0 aliphatic heterocycles. The number of rotatable bonds is 36. The number of nitrogens with two attached hydrogens (primary N) is 1. The van der Waals surface area contributed by atoms with E-state index in [1.54, 1.807) is 6.08 Å². The Morgan fingerprint density at radius 3 is 1.64 bits per heavy atom. The number of nitrogens with one attached hydrogen (secondary N) is 1. The molecular weight excluding hydrogens is 615 g/mol. The Morgan fingerprint density at radius 1 is 0.723 bits per heavy atom. The molecule has 0 aromatic rings. The zero-order valence-corrected chi connectivity index (χ0v) is 31.3. The second-order valence-corrected chi connectivity index (χ2v) is 14.8. The van der Waals surface area contributed by atoms with Crippen molar-refractivity contribution in [1.82, 2.24) is 5.32 Å². The molecule has 0 rings (SSSR count). The van der Waals surface area contributed by atoms with Gasteiger partial charge >= 0.3 is 7.82 Å². The van der Waals surface area contributed by atoms with E-state index >= 15 is 0 Å². The van der Waals surface area contributed by atoms with Crippen molar-refractivity contribution in [1.29, 1.82) is 0 Å².